The van der Waals surface area contributed by atoms with Crippen molar-refractivity contribution in [3.63, 3.8) is 0 Å². The lowest BCUT2D eigenvalue weighted by Gasteiger charge is -1.97. The maximum absolute atomic E-state index is 10.8. The smallest absolute Gasteiger partial charge is 0.251 e. The fourth-order valence-corrected chi connectivity index (χ4v) is 1.08. The van der Waals surface area contributed by atoms with Crippen molar-refractivity contribution in [2.24, 2.45) is 5.73 Å². The molecule has 0 bridgehead atoms. The van der Waals surface area contributed by atoms with Gasteiger partial charge in [0.1, 0.15) is 11.8 Å². The molecule has 2 aromatic heterocycles. The highest BCUT2D eigenvalue weighted by Gasteiger charge is 2.07. The number of hydrogen-bond donors (Lipinski definition) is 1. The van der Waals surface area contributed by atoms with Crippen molar-refractivity contribution >= 4 is 5.91 Å². The molecule has 0 saturated heterocycles. The molecule has 7 heteroatoms. The number of hydrogen-bond acceptors (Lipinski definition) is 5. The molecule has 0 atom stereocenters. The van der Waals surface area contributed by atoms with Gasteiger partial charge >= 0.3 is 0 Å². The highest BCUT2D eigenvalue weighted by Crippen LogP contribution is 2.03. The summed E-state index contributed by atoms with van der Waals surface area (Å²) in [5, 5.41) is 12.5. The molecule has 0 aromatic carbocycles. The first-order valence-electron chi connectivity index (χ1n) is 4.28. The fourth-order valence-electron chi connectivity index (χ4n) is 1.08. The van der Waals surface area contributed by atoms with Gasteiger partial charge in [0, 0.05) is 12.4 Å². The van der Waals surface area contributed by atoms with Crippen LogP contribution in [0.3, 0.4) is 0 Å². The number of amides is 1. The van der Waals surface area contributed by atoms with Crippen LogP contribution in [0.25, 0.3) is 5.95 Å². The van der Waals surface area contributed by atoms with Crippen LogP contribution in [0.15, 0.2) is 24.7 Å². The van der Waals surface area contributed by atoms with Gasteiger partial charge in [0.25, 0.3) is 11.9 Å². The molecule has 0 unspecified atom stereocenters. The zero-order valence-corrected chi connectivity index (χ0v) is 8.03. The van der Waals surface area contributed by atoms with Crippen LogP contribution in [-0.2, 0) is 0 Å². The third-order valence-electron chi connectivity index (χ3n) is 1.83. The Hall–Kier alpha value is -2.75. The largest absolute Gasteiger partial charge is 0.366 e. The number of aromatic nitrogens is 4. The number of carbonyl (C=O) groups is 1. The van der Waals surface area contributed by atoms with Crippen LogP contribution in [0.1, 0.15) is 16.1 Å². The van der Waals surface area contributed by atoms with E-state index in [0.29, 0.717) is 0 Å². The van der Waals surface area contributed by atoms with Crippen LogP contribution in [0.2, 0.25) is 0 Å². The summed E-state index contributed by atoms with van der Waals surface area (Å²) >= 11 is 0. The van der Waals surface area contributed by atoms with Gasteiger partial charge in [-0.1, -0.05) is 0 Å². The van der Waals surface area contributed by atoms with Crippen LogP contribution >= 0.6 is 0 Å². The minimum atomic E-state index is -0.581. The number of nitrogens with zero attached hydrogens (tertiary/aromatic N) is 5. The van der Waals surface area contributed by atoms with E-state index < -0.39 is 5.91 Å². The van der Waals surface area contributed by atoms with Gasteiger partial charge in [-0.25, -0.2) is 14.6 Å². The van der Waals surface area contributed by atoms with Crippen LogP contribution in [-0.4, -0.2) is 25.7 Å². The highest BCUT2D eigenvalue weighted by molar-refractivity contribution is 5.92. The molecule has 0 radical (unpaired) electrons. The molecule has 16 heavy (non-hydrogen) atoms. The van der Waals surface area contributed by atoms with Gasteiger partial charge in [-0.15, -0.1) is 0 Å². The van der Waals surface area contributed by atoms with Gasteiger partial charge in [-0.05, 0) is 6.07 Å². The summed E-state index contributed by atoms with van der Waals surface area (Å²) in [7, 11) is 0. The van der Waals surface area contributed by atoms with Crippen LogP contribution in [0.5, 0.6) is 0 Å². The Morgan fingerprint density at radius 3 is 3.00 bits per heavy atom. The molecule has 78 valence electrons. The second kappa shape index (κ2) is 3.78. The van der Waals surface area contributed by atoms with Crippen molar-refractivity contribution in [2.45, 2.75) is 0 Å². The normalized spacial score (nSPS) is 9.69. The van der Waals surface area contributed by atoms with Gasteiger partial charge in [-0.3, -0.25) is 4.79 Å². The van der Waals surface area contributed by atoms with Crippen molar-refractivity contribution < 1.29 is 4.79 Å². The zero-order valence-electron chi connectivity index (χ0n) is 8.03. The average Bonchev–Trinajstić information content (AvgIpc) is 2.78. The third-order valence-corrected chi connectivity index (χ3v) is 1.83. The Bertz CT molecular complexity index is 582. The molecular weight excluding hydrogens is 208 g/mol. The van der Waals surface area contributed by atoms with E-state index in [0.717, 1.165) is 0 Å². The van der Waals surface area contributed by atoms with Crippen molar-refractivity contribution in [1.82, 2.24) is 19.7 Å². The predicted octanol–water partition coefficient (Wildman–Crippen LogP) is -0.367. The van der Waals surface area contributed by atoms with Gasteiger partial charge in [0.2, 0.25) is 0 Å². The van der Waals surface area contributed by atoms with E-state index in [9.17, 15) is 4.79 Å². The Morgan fingerprint density at radius 1 is 1.56 bits per heavy atom. The van der Waals surface area contributed by atoms with E-state index in [4.69, 9.17) is 11.0 Å². The molecule has 0 spiro atoms. The molecule has 2 rings (SSSR count). The molecule has 2 N–H and O–H groups in total. The van der Waals surface area contributed by atoms with Crippen molar-refractivity contribution in [3.8, 4) is 12.0 Å². The lowest BCUT2D eigenvalue weighted by Crippen LogP contribution is -2.09. The quantitative estimate of drug-likeness (QED) is 0.733. The molecular formula is C9H6N6O. The summed E-state index contributed by atoms with van der Waals surface area (Å²) in [6.07, 6.45) is 4.15. The topological polar surface area (TPSA) is 110 Å². The van der Waals surface area contributed by atoms with Crippen molar-refractivity contribution in [3.05, 3.63) is 35.9 Å². The molecule has 2 aromatic rings. The minimum absolute atomic E-state index is 0.214. The number of nitriles is 1. The van der Waals surface area contributed by atoms with E-state index in [1.54, 1.807) is 0 Å². The van der Waals surface area contributed by atoms with E-state index in [-0.39, 0.29) is 17.2 Å². The Labute approximate surface area is 90.2 Å². The number of nitrogens with two attached hydrogens (primary N) is 1. The molecule has 0 aliphatic carbocycles. The Balaban J connectivity index is 2.43. The van der Waals surface area contributed by atoms with Crippen LogP contribution in [0, 0.1) is 11.3 Å². The van der Waals surface area contributed by atoms with Crippen molar-refractivity contribution in [2.75, 3.05) is 0 Å². The monoisotopic (exact) mass is 214 g/mol. The fraction of sp³-hybridized carbons (Fsp3) is 0. The first-order chi connectivity index (χ1) is 7.70. The Kier molecular flexibility index (Phi) is 2.31. The second-order valence-electron chi connectivity index (χ2n) is 2.89. The molecule has 0 saturated carbocycles. The highest BCUT2D eigenvalue weighted by atomic mass is 16.1. The van der Waals surface area contributed by atoms with E-state index in [2.05, 4.69) is 15.1 Å². The summed E-state index contributed by atoms with van der Waals surface area (Å²) in [6, 6.07) is 3.36. The number of carbonyl (C=O) groups excluding carboxylic acids is 1. The maximum atomic E-state index is 10.8. The van der Waals surface area contributed by atoms with Gasteiger partial charge < -0.3 is 5.73 Å². The predicted molar refractivity (Wildman–Crippen MR) is 52.4 cm³/mol. The summed E-state index contributed by atoms with van der Waals surface area (Å²) in [5.41, 5.74) is 5.55. The summed E-state index contributed by atoms with van der Waals surface area (Å²) in [5.74, 6) is -0.366. The van der Waals surface area contributed by atoms with Crippen molar-refractivity contribution in [1.29, 1.82) is 5.26 Å². The number of primary amides is 1. The number of rotatable bonds is 2. The molecule has 1 amide bonds. The standard InChI is InChI=1S/C9H6N6O/c10-3-7-1-2-12-9(14-7)15-5-6(4-13-15)8(11)16/h1-2,4-5H,(H2,11,16). The molecule has 7 nitrogen and oxygen atoms in total. The Morgan fingerprint density at radius 2 is 2.38 bits per heavy atom. The second-order valence-corrected chi connectivity index (χ2v) is 2.89. The molecule has 0 fully saturated rings. The lowest BCUT2D eigenvalue weighted by molar-refractivity contribution is 0.100. The summed E-state index contributed by atoms with van der Waals surface area (Å²) < 4.78 is 1.28. The SMILES string of the molecule is N#Cc1ccnc(-n2cc(C(N)=O)cn2)n1. The minimum Gasteiger partial charge on any atom is -0.366 e. The third kappa shape index (κ3) is 1.72. The van der Waals surface area contributed by atoms with Gasteiger partial charge in [0.15, 0.2) is 0 Å². The van der Waals surface area contributed by atoms with E-state index in [1.807, 2.05) is 6.07 Å². The van der Waals surface area contributed by atoms with E-state index >= 15 is 0 Å². The molecule has 2 heterocycles. The van der Waals surface area contributed by atoms with E-state index in [1.165, 1.54) is 29.3 Å². The lowest BCUT2D eigenvalue weighted by atomic mass is 10.3. The van der Waals surface area contributed by atoms with Gasteiger partial charge in [-0.2, -0.15) is 10.4 Å². The summed E-state index contributed by atoms with van der Waals surface area (Å²) in [6.45, 7) is 0. The first-order valence-corrected chi connectivity index (χ1v) is 4.28. The zero-order chi connectivity index (χ0) is 11.5. The maximum Gasteiger partial charge on any atom is 0.251 e. The first kappa shape index (κ1) is 9.79. The van der Waals surface area contributed by atoms with Crippen LogP contribution < -0.4 is 5.73 Å². The molecule has 0 aliphatic rings. The summed E-state index contributed by atoms with van der Waals surface area (Å²) in [4.78, 5) is 18.7. The van der Waals surface area contributed by atoms with Crippen LogP contribution in [0.4, 0.5) is 0 Å². The molecule has 0 aliphatic heterocycles. The average molecular weight is 214 g/mol. The van der Waals surface area contributed by atoms with Gasteiger partial charge in [0.05, 0.1) is 11.8 Å².